The van der Waals surface area contributed by atoms with Crippen LogP contribution in [0.15, 0.2) is 35.5 Å². The second-order valence-electron chi connectivity index (χ2n) is 4.86. The van der Waals surface area contributed by atoms with Gasteiger partial charge in [-0.15, -0.1) is 0 Å². The van der Waals surface area contributed by atoms with E-state index in [0.717, 1.165) is 5.69 Å². The minimum absolute atomic E-state index is 0.547. The molecule has 1 fully saturated rings. The third-order valence-electron chi connectivity index (χ3n) is 3.62. The molecule has 1 aromatic heterocycles. The molecule has 0 saturated heterocycles. The zero-order valence-electron chi connectivity index (χ0n) is 10.0. The van der Waals surface area contributed by atoms with Gasteiger partial charge in [0.05, 0.1) is 11.7 Å². The number of fused-ring (bicyclic) bond motifs is 1. The van der Waals surface area contributed by atoms with Crippen LogP contribution in [0.2, 0.25) is 0 Å². The maximum Gasteiger partial charge on any atom is 0.0641 e. The van der Waals surface area contributed by atoms with E-state index in [0.29, 0.717) is 6.04 Å². The fraction of sp³-hybridized carbons (Fsp3) is 0.400. The number of nitrogens with zero attached hydrogens (tertiary/aromatic N) is 1. The van der Waals surface area contributed by atoms with E-state index in [1.165, 1.54) is 42.9 Å². The van der Waals surface area contributed by atoms with Gasteiger partial charge < -0.3 is 4.98 Å². The summed E-state index contributed by atoms with van der Waals surface area (Å²) in [4.78, 5) is 8.02. The summed E-state index contributed by atoms with van der Waals surface area (Å²) in [5, 5.41) is 2.53. The Morgan fingerprint density at radius 2 is 1.94 bits per heavy atom. The van der Waals surface area contributed by atoms with Crippen molar-refractivity contribution in [3.63, 3.8) is 0 Å². The van der Waals surface area contributed by atoms with Crippen LogP contribution in [0.25, 0.3) is 10.8 Å². The largest absolute Gasteiger partial charge is 0.359 e. The highest BCUT2D eigenvalue weighted by atomic mass is 14.8. The SMILES string of the molecule is C(=N\C1CCCCC1)/c1[nH]cc2ccccc12. The summed E-state index contributed by atoms with van der Waals surface area (Å²) in [7, 11) is 0. The van der Waals surface area contributed by atoms with Gasteiger partial charge in [0, 0.05) is 17.8 Å². The van der Waals surface area contributed by atoms with Crippen LogP contribution in [0.4, 0.5) is 0 Å². The van der Waals surface area contributed by atoms with Crippen LogP contribution in [0.3, 0.4) is 0 Å². The van der Waals surface area contributed by atoms with Gasteiger partial charge in [-0.3, -0.25) is 4.99 Å². The van der Waals surface area contributed by atoms with Crippen molar-refractivity contribution in [2.24, 2.45) is 4.99 Å². The van der Waals surface area contributed by atoms with Crippen LogP contribution in [-0.4, -0.2) is 17.2 Å². The summed E-state index contributed by atoms with van der Waals surface area (Å²) in [5.41, 5.74) is 1.14. The molecular weight excluding hydrogens is 208 g/mol. The molecule has 1 aromatic carbocycles. The van der Waals surface area contributed by atoms with Crippen LogP contribution in [0, 0.1) is 0 Å². The number of aromatic nitrogens is 1. The zero-order valence-corrected chi connectivity index (χ0v) is 10.0. The van der Waals surface area contributed by atoms with Crippen LogP contribution in [0.5, 0.6) is 0 Å². The van der Waals surface area contributed by atoms with Crippen LogP contribution < -0.4 is 0 Å². The molecule has 2 nitrogen and oxygen atoms in total. The monoisotopic (exact) mass is 226 g/mol. The Bertz CT molecular complexity index is 518. The van der Waals surface area contributed by atoms with Crippen molar-refractivity contribution in [1.29, 1.82) is 0 Å². The van der Waals surface area contributed by atoms with E-state index in [9.17, 15) is 0 Å². The number of aromatic amines is 1. The average Bonchev–Trinajstić information content (AvgIpc) is 2.81. The lowest BCUT2D eigenvalue weighted by atomic mass is 9.96. The van der Waals surface area contributed by atoms with Gasteiger partial charge in [0.25, 0.3) is 0 Å². The molecule has 1 aliphatic rings. The number of hydrogen-bond acceptors (Lipinski definition) is 1. The number of hydrogen-bond donors (Lipinski definition) is 1. The maximum atomic E-state index is 4.72. The molecule has 1 N–H and O–H groups in total. The van der Waals surface area contributed by atoms with Crippen molar-refractivity contribution >= 4 is 17.0 Å². The normalized spacial score (nSPS) is 18.1. The van der Waals surface area contributed by atoms with Crippen LogP contribution in [-0.2, 0) is 0 Å². The van der Waals surface area contributed by atoms with Crippen molar-refractivity contribution in [2.75, 3.05) is 0 Å². The maximum absolute atomic E-state index is 4.72. The fourth-order valence-corrected chi connectivity index (χ4v) is 2.62. The lowest BCUT2D eigenvalue weighted by Crippen LogP contribution is -2.09. The van der Waals surface area contributed by atoms with E-state index >= 15 is 0 Å². The smallest absolute Gasteiger partial charge is 0.0641 e. The minimum atomic E-state index is 0.547. The number of benzene rings is 1. The van der Waals surface area contributed by atoms with Crippen molar-refractivity contribution in [3.05, 3.63) is 36.2 Å². The van der Waals surface area contributed by atoms with Gasteiger partial charge in [-0.05, 0) is 18.2 Å². The Hall–Kier alpha value is -1.57. The van der Waals surface area contributed by atoms with Crippen molar-refractivity contribution in [1.82, 2.24) is 4.98 Å². The molecule has 0 atom stereocenters. The van der Waals surface area contributed by atoms with Crippen molar-refractivity contribution < 1.29 is 0 Å². The third-order valence-corrected chi connectivity index (χ3v) is 3.62. The summed E-state index contributed by atoms with van der Waals surface area (Å²) in [6.45, 7) is 0. The third kappa shape index (κ3) is 2.26. The molecule has 0 radical (unpaired) electrons. The predicted octanol–water partition coefficient (Wildman–Crippen LogP) is 3.92. The second-order valence-corrected chi connectivity index (χ2v) is 4.86. The van der Waals surface area contributed by atoms with E-state index in [-0.39, 0.29) is 0 Å². The summed E-state index contributed by atoms with van der Waals surface area (Å²) < 4.78 is 0. The number of nitrogens with one attached hydrogen (secondary N) is 1. The molecule has 1 heterocycles. The first-order valence-electron chi connectivity index (χ1n) is 6.53. The molecule has 0 spiro atoms. The highest BCUT2D eigenvalue weighted by Crippen LogP contribution is 2.21. The minimum Gasteiger partial charge on any atom is -0.359 e. The van der Waals surface area contributed by atoms with Gasteiger partial charge in [-0.2, -0.15) is 0 Å². The van der Waals surface area contributed by atoms with Crippen LogP contribution >= 0.6 is 0 Å². The first kappa shape index (κ1) is 10.6. The first-order valence-corrected chi connectivity index (χ1v) is 6.53. The molecule has 17 heavy (non-hydrogen) atoms. The van der Waals surface area contributed by atoms with Gasteiger partial charge in [0.1, 0.15) is 0 Å². The molecule has 1 aliphatic carbocycles. The van der Waals surface area contributed by atoms with E-state index in [1.807, 2.05) is 6.21 Å². The average molecular weight is 226 g/mol. The standard InChI is InChI=1S/C15H18N2/c1-2-7-13(8-3-1)16-11-15-14-9-5-4-6-12(14)10-17-15/h4-6,9-11,13,17H,1-3,7-8H2/b16-11+. The first-order chi connectivity index (χ1) is 8.43. The lowest BCUT2D eigenvalue weighted by Gasteiger charge is -2.16. The fourth-order valence-electron chi connectivity index (χ4n) is 2.62. The Labute approximate surface area is 102 Å². The van der Waals surface area contributed by atoms with E-state index in [4.69, 9.17) is 4.99 Å². The van der Waals surface area contributed by atoms with Crippen LogP contribution in [0.1, 0.15) is 37.8 Å². The second kappa shape index (κ2) is 4.74. The molecule has 2 heteroatoms. The summed E-state index contributed by atoms with van der Waals surface area (Å²) in [6.07, 6.45) is 10.7. The van der Waals surface area contributed by atoms with E-state index in [1.54, 1.807) is 0 Å². The topological polar surface area (TPSA) is 28.1 Å². The Morgan fingerprint density at radius 1 is 1.12 bits per heavy atom. The van der Waals surface area contributed by atoms with Gasteiger partial charge in [-0.1, -0.05) is 43.5 Å². The molecular formula is C15H18N2. The summed E-state index contributed by atoms with van der Waals surface area (Å²) in [5.74, 6) is 0. The summed E-state index contributed by atoms with van der Waals surface area (Å²) >= 11 is 0. The Balaban J connectivity index is 1.82. The van der Waals surface area contributed by atoms with E-state index in [2.05, 4.69) is 35.4 Å². The Morgan fingerprint density at radius 3 is 2.82 bits per heavy atom. The molecule has 2 aromatic rings. The number of rotatable bonds is 2. The molecule has 0 amide bonds. The number of H-pyrrole nitrogens is 1. The molecule has 0 unspecified atom stereocenters. The molecule has 88 valence electrons. The van der Waals surface area contributed by atoms with Crippen molar-refractivity contribution in [2.45, 2.75) is 38.1 Å². The Kier molecular flexibility index (Phi) is 2.95. The van der Waals surface area contributed by atoms with Gasteiger partial charge in [0.15, 0.2) is 0 Å². The highest BCUT2D eigenvalue weighted by molar-refractivity contribution is 5.98. The molecule has 1 saturated carbocycles. The number of aliphatic imine (C=N–C) groups is 1. The summed E-state index contributed by atoms with van der Waals surface area (Å²) in [6, 6.07) is 8.97. The molecule has 3 rings (SSSR count). The van der Waals surface area contributed by atoms with Gasteiger partial charge >= 0.3 is 0 Å². The predicted molar refractivity (Wildman–Crippen MR) is 72.8 cm³/mol. The van der Waals surface area contributed by atoms with Gasteiger partial charge in [0.2, 0.25) is 0 Å². The highest BCUT2D eigenvalue weighted by Gasteiger charge is 2.11. The zero-order chi connectivity index (χ0) is 11.5. The molecule has 0 aliphatic heterocycles. The quantitative estimate of drug-likeness (QED) is 0.752. The van der Waals surface area contributed by atoms with E-state index < -0.39 is 0 Å². The molecule has 0 bridgehead atoms. The van der Waals surface area contributed by atoms with Gasteiger partial charge in [-0.25, -0.2) is 0 Å². The lowest BCUT2D eigenvalue weighted by molar-refractivity contribution is 0.444. The van der Waals surface area contributed by atoms with Crippen molar-refractivity contribution in [3.8, 4) is 0 Å².